The molecule has 1 radical (unpaired) electrons. The van der Waals surface area contributed by atoms with Crippen molar-refractivity contribution in [3.63, 3.8) is 0 Å². The first-order valence-corrected chi connectivity index (χ1v) is 8.08. The number of pyridine rings is 1. The van der Waals surface area contributed by atoms with Gasteiger partial charge in [-0.2, -0.15) is 0 Å². The van der Waals surface area contributed by atoms with Crippen molar-refractivity contribution >= 4 is 32.4 Å². The molecule has 4 aromatic carbocycles. The molecule has 0 N–H and O–H groups in total. The maximum atomic E-state index is 4.95. The summed E-state index contributed by atoms with van der Waals surface area (Å²) in [6, 6.07) is 32.8. The predicted octanol–water partition coefficient (Wildman–Crippen LogP) is 6.01. The minimum atomic E-state index is 0. The molecule has 0 fully saturated rings. The molecule has 1 aromatic heterocycles. The number of rotatable bonds is 1. The van der Waals surface area contributed by atoms with E-state index in [9.17, 15) is 0 Å². The van der Waals surface area contributed by atoms with E-state index in [1.165, 1.54) is 26.9 Å². The third kappa shape index (κ3) is 2.64. The Kier molecular flexibility index (Phi) is 4.09. The zero-order valence-corrected chi connectivity index (χ0v) is 15.8. The Hall–Kier alpha value is -2.54. The molecule has 5 rings (SSSR count). The minimum Gasteiger partial charge on any atom is -0.296 e. The molecule has 5 aromatic rings. The van der Waals surface area contributed by atoms with E-state index >= 15 is 0 Å². The molecule has 0 aliphatic rings. The number of para-hydroxylation sites is 1. The standard InChI is InChI=1S/C23H14N.Ir/c1-2-8-17-15-18(14-13-16(17)7-1)23-21-11-4-3-9-19(21)20-10-5-6-12-22(20)24-23;/h1-13,15H;/q-1;. The molecule has 1 nitrogen and oxygen atoms in total. The Morgan fingerprint density at radius 1 is 0.640 bits per heavy atom. The Bertz CT molecular complexity index is 1210. The van der Waals surface area contributed by atoms with Gasteiger partial charge in [-0.15, -0.1) is 29.1 Å². The van der Waals surface area contributed by atoms with Gasteiger partial charge >= 0.3 is 0 Å². The van der Waals surface area contributed by atoms with Gasteiger partial charge in [-0.05, 0) is 22.5 Å². The number of fused-ring (bicyclic) bond motifs is 4. The van der Waals surface area contributed by atoms with Crippen LogP contribution in [0.25, 0.3) is 43.7 Å². The van der Waals surface area contributed by atoms with Gasteiger partial charge in [0.25, 0.3) is 0 Å². The van der Waals surface area contributed by atoms with Crippen LogP contribution in [0.15, 0.2) is 84.9 Å². The molecule has 0 unspecified atom stereocenters. The van der Waals surface area contributed by atoms with Crippen molar-refractivity contribution in [3.05, 3.63) is 91.0 Å². The van der Waals surface area contributed by atoms with Crippen LogP contribution in [0.5, 0.6) is 0 Å². The molecule has 0 atom stereocenters. The van der Waals surface area contributed by atoms with E-state index in [0.29, 0.717) is 0 Å². The number of nitrogens with zero attached hydrogens (tertiary/aromatic N) is 1. The van der Waals surface area contributed by atoms with E-state index in [1.54, 1.807) is 0 Å². The summed E-state index contributed by atoms with van der Waals surface area (Å²) in [4.78, 5) is 4.95. The maximum absolute atomic E-state index is 4.95. The van der Waals surface area contributed by atoms with Crippen LogP contribution in [0.3, 0.4) is 0 Å². The van der Waals surface area contributed by atoms with Gasteiger partial charge < -0.3 is 0 Å². The van der Waals surface area contributed by atoms with E-state index < -0.39 is 0 Å². The first-order valence-electron chi connectivity index (χ1n) is 8.08. The molecule has 0 saturated carbocycles. The average Bonchev–Trinajstić information content (AvgIpc) is 2.67. The first kappa shape index (κ1) is 16.0. The van der Waals surface area contributed by atoms with Gasteiger partial charge in [-0.3, -0.25) is 4.98 Å². The second-order valence-corrected chi connectivity index (χ2v) is 6.00. The third-order valence-electron chi connectivity index (χ3n) is 4.54. The number of hydrogen-bond donors (Lipinski definition) is 0. The quantitative estimate of drug-likeness (QED) is 0.205. The van der Waals surface area contributed by atoms with E-state index in [0.717, 1.165) is 16.8 Å². The van der Waals surface area contributed by atoms with E-state index in [1.807, 2.05) is 6.07 Å². The molecule has 0 spiro atoms. The molecular weight excluding hydrogens is 482 g/mol. The summed E-state index contributed by atoms with van der Waals surface area (Å²) >= 11 is 0. The van der Waals surface area contributed by atoms with Crippen molar-refractivity contribution < 1.29 is 20.1 Å². The molecule has 0 bridgehead atoms. The van der Waals surface area contributed by atoms with Gasteiger partial charge in [-0.25, -0.2) is 0 Å². The predicted molar refractivity (Wildman–Crippen MR) is 101 cm³/mol. The minimum absolute atomic E-state index is 0. The van der Waals surface area contributed by atoms with Crippen LogP contribution < -0.4 is 0 Å². The normalized spacial score (nSPS) is 10.9. The fraction of sp³-hybridized carbons (Fsp3) is 0. The zero-order chi connectivity index (χ0) is 15.9. The maximum Gasteiger partial charge on any atom is 0.0601 e. The van der Waals surface area contributed by atoms with Crippen molar-refractivity contribution in [1.82, 2.24) is 4.98 Å². The molecule has 0 saturated heterocycles. The Labute approximate surface area is 159 Å². The van der Waals surface area contributed by atoms with E-state index in [2.05, 4.69) is 84.9 Å². The molecule has 1 heterocycles. The number of benzene rings is 4. The molecule has 0 aliphatic carbocycles. The van der Waals surface area contributed by atoms with Gasteiger partial charge in [0, 0.05) is 25.5 Å². The topological polar surface area (TPSA) is 12.9 Å². The zero-order valence-electron chi connectivity index (χ0n) is 13.4. The summed E-state index contributed by atoms with van der Waals surface area (Å²) in [5.74, 6) is 0. The van der Waals surface area contributed by atoms with Crippen molar-refractivity contribution in [2.45, 2.75) is 0 Å². The molecule has 0 amide bonds. The molecule has 2 heteroatoms. The van der Waals surface area contributed by atoms with Gasteiger partial charge in [0.05, 0.1) is 5.52 Å². The van der Waals surface area contributed by atoms with Crippen LogP contribution in [-0.4, -0.2) is 4.98 Å². The number of aromatic nitrogens is 1. The third-order valence-corrected chi connectivity index (χ3v) is 4.54. The van der Waals surface area contributed by atoms with Crippen molar-refractivity contribution in [2.75, 3.05) is 0 Å². The van der Waals surface area contributed by atoms with Crippen molar-refractivity contribution in [1.29, 1.82) is 0 Å². The summed E-state index contributed by atoms with van der Waals surface area (Å²) in [6.07, 6.45) is 0. The van der Waals surface area contributed by atoms with Crippen LogP contribution in [-0.2, 0) is 20.1 Å². The second-order valence-electron chi connectivity index (χ2n) is 6.00. The monoisotopic (exact) mass is 497 g/mol. The van der Waals surface area contributed by atoms with Crippen LogP contribution in [0, 0.1) is 6.07 Å². The second kappa shape index (κ2) is 6.40. The van der Waals surface area contributed by atoms with Gasteiger partial charge in [0.15, 0.2) is 0 Å². The fourth-order valence-electron chi connectivity index (χ4n) is 3.37. The van der Waals surface area contributed by atoms with Gasteiger partial charge in [0.1, 0.15) is 0 Å². The molecular formula is C23H14IrN-. The van der Waals surface area contributed by atoms with Crippen molar-refractivity contribution in [2.24, 2.45) is 0 Å². The average molecular weight is 497 g/mol. The largest absolute Gasteiger partial charge is 0.296 e. The number of hydrogen-bond acceptors (Lipinski definition) is 1. The molecule has 121 valence electrons. The Balaban J connectivity index is 0.00000157. The molecule has 25 heavy (non-hydrogen) atoms. The van der Waals surface area contributed by atoms with Crippen LogP contribution in [0.1, 0.15) is 0 Å². The van der Waals surface area contributed by atoms with Crippen LogP contribution >= 0.6 is 0 Å². The summed E-state index contributed by atoms with van der Waals surface area (Å²) in [7, 11) is 0. The fourth-order valence-corrected chi connectivity index (χ4v) is 3.37. The molecule has 0 aliphatic heterocycles. The summed E-state index contributed by atoms with van der Waals surface area (Å²) in [5.41, 5.74) is 3.05. The van der Waals surface area contributed by atoms with Gasteiger partial charge in [0.2, 0.25) is 0 Å². The van der Waals surface area contributed by atoms with Crippen LogP contribution in [0.2, 0.25) is 0 Å². The van der Waals surface area contributed by atoms with E-state index in [-0.39, 0.29) is 20.1 Å². The summed E-state index contributed by atoms with van der Waals surface area (Å²) in [5, 5.41) is 6.01. The smallest absolute Gasteiger partial charge is 0.0601 e. The Morgan fingerprint density at radius 3 is 2.12 bits per heavy atom. The van der Waals surface area contributed by atoms with E-state index in [4.69, 9.17) is 4.98 Å². The summed E-state index contributed by atoms with van der Waals surface area (Å²) in [6.45, 7) is 0. The van der Waals surface area contributed by atoms with Crippen LogP contribution in [0.4, 0.5) is 0 Å². The summed E-state index contributed by atoms with van der Waals surface area (Å²) < 4.78 is 0. The Morgan fingerprint density at radius 2 is 1.28 bits per heavy atom. The van der Waals surface area contributed by atoms with Gasteiger partial charge in [-0.1, -0.05) is 72.1 Å². The first-order chi connectivity index (χ1) is 11.9. The van der Waals surface area contributed by atoms with Crippen molar-refractivity contribution in [3.8, 4) is 11.3 Å². The SMILES string of the molecule is [Ir].[c-]1cc2ccccc2cc1-c1nc2ccccc2c2ccccc12.